The summed E-state index contributed by atoms with van der Waals surface area (Å²) in [6, 6.07) is 1.24. The van der Waals surface area contributed by atoms with E-state index in [1.54, 1.807) is 0 Å². The number of nitrogens with zero attached hydrogens (tertiary/aromatic N) is 2. The molecule has 1 heterocycles. The minimum absolute atomic E-state index is 0.185. The van der Waals surface area contributed by atoms with Crippen LogP contribution < -0.4 is 0 Å². The summed E-state index contributed by atoms with van der Waals surface area (Å²) in [5, 5.41) is 11.8. The fraction of sp³-hybridized carbons (Fsp3) is 0.357. The number of piperidine rings is 1. The number of Topliss-reactive ketones (excluding diaryl/α,β-unsaturated/α-hetero) is 2. The highest BCUT2D eigenvalue weighted by atomic mass is 79.9. The molecular formula is C14H10BrF3N2O6. The van der Waals surface area contributed by atoms with Crippen molar-refractivity contribution in [3.8, 4) is 0 Å². The summed E-state index contributed by atoms with van der Waals surface area (Å²) in [4.78, 5) is 50.7. The Bertz CT molecular complexity index is 797. The highest BCUT2D eigenvalue weighted by Gasteiger charge is 2.47. The molecule has 26 heavy (non-hydrogen) atoms. The smallest absolute Gasteiger partial charge is 0.297 e. The van der Waals surface area contributed by atoms with Crippen molar-refractivity contribution in [3.63, 3.8) is 0 Å². The van der Waals surface area contributed by atoms with Gasteiger partial charge in [0, 0.05) is 6.07 Å². The van der Waals surface area contributed by atoms with E-state index >= 15 is 0 Å². The zero-order valence-electron chi connectivity index (χ0n) is 12.9. The van der Waals surface area contributed by atoms with Gasteiger partial charge >= 0.3 is 6.18 Å². The number of hydrogen-bond acceptors (Lipinski definition) is 6. The first-order chi connectivity index (χ1) is 12.0. The Kier molecular flexibility index (Phi) is 5.47. The maximum absolute atomic E-state index is 12.7. The maximum atomic E-state index is 12.7. The molecule has 0 radical (unpaired) electrons. The maximum Gasteiger partial charge on any atom is 0.416 e. The topological polar surface area (TPSA) is 107 Å². The zero-order chi connectivity index (χ0) is 19.8. The van der Waals surface area contributed by atoms with Gasteiger partial charge in [-0.3, -0.25) is 29.3 Å². The minimum atomic E-state index is -4.86. The normalized spacial score (nSPS) is 21.0. The highest BCUT2D eigenvalue weighted by molar-refractivity contribution is 9.10. The van der Waals surface area contributed by atoms with Gasteiger partial charge in [-0.25, -0.2) is 5.06 Å². The Hall–Kier alpha value is -2.34. The van der Waals surface area contributed by atoms with Gasteiger partial charge in [0.05, 0.1) is 34.5 Å². The van der Waals surface area contributed by atoms with E-state index in [0.29, 0.717) is 12.1 Å². The number of nitro groups is 1. The van der Waals surface area contributed by atoms with Crippen molar-refractivity contribution >= 4 is 39.1 Å². The van der Waals surface area contributed by atoms with Gasteiger partial charge in [0.25, 0.3) is 11.6 Å². The number of carbonyl (C=O) groups is 3. The van der Waals surface area contributed by atoms with E-state index < -0.39 is 56.1 Å². The van der Waals surface area contributed by atoms with E-state index in [2.05, 4.69) is 15.9 Å². The number of halogens is 4. The van der Waals surface area contributed by atoms with Crippen molar-refractivity contribution in [2.75, 3.05) is 13.7 Å². The molecule has 1 saturated heterocycles. The minimum Gasteiger partial charge on any atom is -0.297 e. The van der Waals surface area contributed by atoms with Crippen LogP contribution in [-0.2, 0) is 20.6 Å². The van der Waals surface area contributed by atoms with Crippen LogP contribution >= 0.6 is 15.9 Å². The van der Waals surface area contributed by atoms with Crippen molar-refractivity contribution in [2.45, 2.75) is 11.0 Å². The van der Waals surface area contributed by atoms with Crippen LogP contribution in [0.1, 0.15) is 15.9 Å². The Morgan fingerprint density at radius 3 is 2.50 bits per heavy atom. The second kappa shape index (κ2) is 7.11. The van der Waals surface area contributed by atoms with Gasteiger partial charge in [-0.05, 0) is 12.1 Å². The van der Waals surface area contributed by atoms with Gasteiger partial charge in [0.2, 0.25) is 0 Å². The molecule has 2 rings (SSSR count). The lowest BCUT2D eigenvalue weighted by Crippen LogP contribution is -2.53. The lowest BCUT2D eigenvalue weighted by Gasteiger charge is -2.31. The van der Waals surface area contributed by atoms with Gasteiger partial charge < -0.3 is 0 Å². The molecule has 1 fully saturated rings. The first kappa shape index (κ1) is 20.0. The molecule has 0 aromatic heterocycles. The molecule has 2 unspecified atom stereocenters. The molecule has 1 aromatic carbocycles. The molecule has 1 amide bonds. The lowest BCUT2D eigenvalue weighted by atomic mass is 9.87. The fourth-order valence-corrected chi connectivity index (χ4v) is 2.93. The predicted octanol–water partition coefficient (Wildman–Crippen LogP) is 2.15. The van der Waals surface area contributed by atoms with Crippen LogP contribution in [0, 0.1) is 16.0 Å². The van der Waals surface area contributed by atoms with Crippen molar-refractivity contribution in [1.82, 2.24) is 5.06 Å². The van der Waals surface area contributed by atoms with Crippen LogP contribution in [0.4, 0.5) is 18.9 Å². The molecule has 0 N–H and O–H groups in total. The quantitative estimate of drug-likeness (QED) is 0.234. The zero-order valence-corrected chi connectivity index (χ0v) is 14.5. The Morgan fingerprint density at radius 1 is 1.38 bits per heavy atom. The van der Waals surface area contributed by atoms with Gasteiger partial charge in [-0.1, -0.05) is 15.9 Å². The standard InChI is InChI=1S/C14H10BrF3N2O6/c1-26-19-5-8(15)12(22)10(13(19)23)11(21)7-3-2-6(14(16,17)18)4-9(7)20(24)25/h2-4,8,10H,5H2,1H3. The van der Waals surface area contributed by atoms with Crippen LogP contribution in [0.15, 0.2) is 18.2 Å². The average molecular weight is 439 g/mol. The highest BCUT2D eigenvalue weighted by Crippen LogP contribution is 2.34. The number of hydrogen-bond donors (Lipinski definition) is 0. The lowest BCUT2D eigenvalue weighted by molar-refractivity contribution is -0.385. The number of hydroxylamine groups is 2. The number of amides is 1. The van der Waals surface area contributed by atoms with E-state index in [4.69, 9.17) is 4.84 Å². The summed E-state index contributed by atoms with van der Waals surface area (Å²) in [6.45, 7) is -0.187. The third kappa shape index (κ3) is 3.60. The van der Waals surface area contributed by atoms with E-state index in [-0.39, 0.29) is 12.6 Å². The molecule has 0 aliphatic carbocycles. The van der Waals surface area contributed by atoms with Crippen LogP contribution in [0.25, 0.3) is 0 Å². The Labute approximate surface area is 152 Å². The second-order valence-corrected chi connectivity index (χ2v) is 6.34. The van der Waals surface area contributed by atoms with E-state index in [1.165, 1.54) is 0 Å². The first-order valence-corrected chi connectivity index (χ1v) is 7.83. The van der Waals surface area contributed by atoms with Crippen LogP contribution in [0.5, 0.6) is 0 Å². The fourth-order valence-electron chi connectivity index (χ4n) is 2.40. The summed E-state index contributed by atoms with van der Waals surface area (Å²) in [5.74, 6) is -5.13. The number of ketones is 2. The Morgan fingerprint density at radius 2 is 2.00 bits per heavy atom. The van der Waals surface area contributed by atoms with E-state index in [1.807, 2.05) is 0 Å². The van der Waals surface area contributed by atoms with E-state index in [0.717, 1.165) is 12.2 Å². The van der Waals surface area contributed by atoms with Gasteiger partial charge in [-0.15, -0.1) is 0 Å². The molecule has 1 aromatic rings. The molecular weight excluding hydrogens is 429 g/mol. The molecule has 8 nitrogen and oxygen atoms in total. The van der Waals surface area contributed by atoms with Crippen molar-refractivity contribution in [3.05, 3.63) is 39.4 Å². The predicted molar refractivity (Wildman–Crippen MR) is 82.4 cm³/mol. The molecule has 1 aliphatic rings. The Balaban J connectivity index is 2.53. The van der Waals surface area contributed by atoms with E-state index in [9.17, 15) is 37.7 Å². The largest absolute Gasteiger partial charge is 0.416 e. The van der Waals surface area contributed by atoms with Crippen LogP contribution in [-0.4, -0.2) is 45.9 Å². The van der Waals surface area contributed by atoms with Crippen LogP contribution in [0.2, 0.25) is 0 Å². The number of carbonyl (C=O) groups excluding carboxylic acids is 3. The van der Waals surface area contributed by atoms with Gasteiger partial charge in [0.15, 0.2) is 17.5 Å². The monoisotopic (exact) mass is 438 g/mol. The van der Waals surface area contributed by atoms with Gasteiger partial charge in [-0.2, -0.15) is 13.2 Å². The number of nitro benzene ring substituents is 1. The van der Waals surface area contributed by atoms with Gasteiger partial charge in [0.1, 0.15) is 0 Å². The summed E-state index contributed by atoms with van der Waals surface area (Å²) < 4.78 is 38.2. The van der Waals surface area contributed by atoms with Crippen molar-refractivity contribution in [1.29, 1.82) is 0 Å². The second-order valence-electron chi connectivity index (χ2n) is 5.24. The van der Waals surface area contributed by atoms with Crippen molar-refractivity contribution < 1.29 is 37.3 Å². The summed E-state index contributed by atoms with van der Waals surface area (Å²) >= 11 is 2.97. The molecule has 0 saturated carbocycles. The summed E-state index contributed by atoms with van der Waals surface area (Å²) in [5.41, 5.74) is -3.25. The molecule has 0 bridgehead atoms. The number of benzene rings is 1. The third-order valence-electron chi connectivity index (χ3n) is 3.68. The SMILES string of the molecule is CON1CC(Br)C(=O)C(C(=O)c2ccc(C(F)(F)F)cc2[N+](=O)[O-])C1=O. The molecule has 2 atom stereocenters. The number of alkyl halides is 4. The molecule has 0 spiro atoms. The average Bonchev–Trinajstić information content (AvgIpc) is 2.56. The third-order valence-corrected chi connectivity index (χ3v) is 4.42. The first-order valence-electron chi connectivity index (χ1n) is 6.92. The number of rotatable bonds is 4. The molecule has 12 heteroatoms. The molecule has 1 aliphatic heterocycles. The van der Waals surface area contributed by atoms with Crippen molar-refractivity contribution in [2.24, 2.45) is 5.92 Å². The summed E-state index contributed by atoms with van der Waals surface area (Å²) in [7, 11) is 1.12. The molecule has 140 valence electrons. The summed E-state index contributed by atoms with van der Waals surface area (Å²) in [6.07, 6.45) is -4.86. The van der Waals surface area contributed by atoms with Crippen LogP contribution in [0.3, 0.4) is 0 Å².